The first kappa shape index (κ1) is 17.9. The number of carbonyl (C=O) groups is 1. The zero-order valence-electron chi connectivity index (χ0n) is 16.0. The monoisotopic (exact) mass is 390 g/mol. The molecule has 4 nitrogen and oxygen atoms in total. The van der Waals surface area contributed by atoms with Crippen molar-refractivity contribution >= 4 is 16.7 Å². The average molecular weight is 390 g/mol. The second-order valence-electron chi connectivity index (χ2n) is 7.08. The summed E-state index contributed by atoms with van der Waals surface area (Å²) < 4.78 is 0. The quantitative estimate of drug-likeness (QED) is 0.380. The number of rotatable bonds is 4. The van der Waals surface area contributed by atoms with Crippen LogP contribution in [0.1, 0.15) is 10.4 Å². The van der Waals surface area contributed by atoms with E-state index in [4.69, 9.17) is 10.1 Å². The number of hydrogen-bond donors (Lipinski definition) is 2. The van der Waals surface area contributed by atoms with E-state index in [9.17, 15) is 4.79 Å². The first-order valence-electron chi connectivity index (χ1n) is 9.68. The minimum absolute atomic E-state index is 0.253. The largest absolute Gasteiger partial charge is 0.478 e. The molecule has 0 atom stereocenters. The van der Waals surface area contributed by atoms with Crippen molar-refractivity contribution < 1.29 is 9.90 Å². The maximum absolute atomic E-state index is 11.2. The Bertz CT molecular complexity index is 1350. The number of nitrogens with zero attached hydrogens (tertiary/aromatic N) is 1. The molecule has 5 rings (SSSR count). The van der Waals surface area contributed by atoms with Gasteiger partial charge in [-0.05, 0) is 22.9 Å². The minimum atomic E-state index is -0.942. The molecule has 0 saturated heterocycles. The summed E-state index contributed by atoms with van der Waals surface area (Å²) in [4.78, 5) is 19.6. The van der Waals surface area contributed by atoms with Crippen LogP contribution in [0.4, 0.5) is 0 Å². The molecule has 4 heteroatoms. The molecule has 0 saturated carbocycles. The van der Waals surface area contributed by atoms with Gasteiger partial charge in [-0.1, -0.05) is 84.9 Å². The molecule has 0 unspecified atom stereocenters. The van der Waals surface area contributed by atoms with Crippen LogP contribution in [0.3, 0.4) is 0 Å². The van der Waals surface area contributed by atoms with Crippen LogP contribution in [0.15, 0.2) is 97.1 Å². The Labute approximate surface area is 173 Å². The smallest absolute Gasteiger partial charge is 0.335 e. The van der Waals surface area contributed by atoms with E-state index < -0.39 is 5.97 Å². The SMILES string of the molecule is O=C(O)c1ccc(-c2nc(-c3ccccc3)c(-c3cccc4ccccc34)[nH]2)cc1. The molecule has 0 radical (unpaired) electrons. The number of hydrogen-bond acceptors (Lipinski definition) is 2. The molecular weight excluding hydrogens is 372 g/mol. The highest BCUT2D eigenvalue weighted by molar-refractivity contribution is 5.99. The third kappa shape index (κ3) is 3.14. The van der Waals surface area contributed by atoms with Crippen molar-refractivity contribution in [1.29, 1.82) is 0 Å². The van der Waals surface area contributed by atoms with Crippen molar-refractivity contribution in [1.82, 2.24) is 9.97 Å². The number of aromatic amines is 1. The Morgan fingerprint density at radius 3 is 2.20 bits per heavy atom. The molecule has 1 aromatic heterocycles. The molecule has 144 valence electrons. The second-order valence-corrected chi connectivity index (χ2v) is 7.08. The van der Waals surface area contributed by atoms with Gasteiger partial charge in [0.25, 0.3) is 0 Å². The van der Waals surface area contributed by atoms with Gasteiger partial charge < -0.3 is 10.1 Å². The Morgan fingerprint density at radius 1 is 0.733 bits per heavy atom. The standard InChI is InChI=1S/C26H18N2O2/c29-26(30)20-15-13-19(14-16-20)25-27-23(18-8-2-1-3-9-18)24(28-25)22-12-6-10-17-7-4-5-11-21(17)22/h1-16H,(H,27,28)(H,29,30). The fourth-order valence-corrected chi connectivity index (χ4v) is 3.72. The summed E-state index contributed by atoms with van der Waals surface area (Å²) in [6.45, 7) is 0. The minimum Gasteiger partial charge on any atom is -0.478 e. The lowest BCUT2D eigenvalue weighted by molar-refractivity contribution is 0.0697. The molecule has 0 fully saturated rings. The Hall–Kier alpha value is -4.18. The van der Waals surface area contributed by atoms with Crippen LogP contribution in [0.2, 0.25) is 0 Å². The summed E-state index contributed by atoms with van der Waals surface area (Å²) in [6.07, 6.45) is 0. The predicted molar refractivity (Wildman–Crippen MR) is 119 cm³/mol. The average Bonchev–Trinajstić information content (AvgIpc) is 3.24. The highest BCUT2D eigenvalue weighted by atomic mass is 16.4. The van der Waals surface area contributed by atoms with E-state index in [1.54, 1.807) is 24.3 Å². The molecule has 5 aromatic rings. The van der Waals surface area contributed by atoms with Gasteiger partial charge in [0.15, 0.2) is 0 Å². The van der Waals surface area contributed by atoms with E-state index in [0.29, 0.717) is 5.82 Å². The summed E-state index contributed by atoms with van der Waals surface area (Å²) in [5, 5.41) is 11.5. The molecule has 4 aromatic carbocycles. The van der Waals surface area contributed by atoms with E-state index >= 15 is 0 Å². The van der Waals surface area contributed by atoms with Crippen LogP contribution in [0, 0.1) is 0 Å². The van der Waals surface area contributed by atoms with Gasteiger partial charge in [-0.15, -0.1) is 0 Å². The zero-order chi connectivity index (χ0) is 20.5. The number of imidazole rings is 1. The summed E-state index contributed by atoms with van der Waals surface area (Å²) in [7, 11) is 0. The van der Waals surface area contributed by atoms with Crippen LogP contribution in [-0.4, -0.2) is 21.0 Å². The van der Waals surface area contributed by atoms with Crippen LogP contribution in [0.5, 0.6) is 0 Å². The number of aromatic nitrogens is 2. The van der Waals surface area contributed by atoms with Crippen LogP contribution in [-0.2, 0) is 0 Å². The van der Waals surface area contributed by atoms with Gasteiger partial charge in [-0.2, -0.15) is 0 Å². The molecule has 0 amide bonds. The topological polar surface area (TPSA) is 66.0 Å². The fraction of sp³-hybridized carbons (Fsp3) is 0. The van der Waals surface area contributed by atoms with Gasteiger partial charge in [0, 0.05) is 16.7 Å². The maximum Gasteiger partial charge on any atom is 0.335 e. The molecule has 0 bridgehead atoms. The lowest BCUT2D eigenvalue weighted by Gasteiger charge is -2.07. The van der Waals surface area contributed by atoms with Gasteiger partial charge in [-0.3, -0.25) is 0 Å². The van der Waals surface area contributed by atoms with Gasteiger partial charge in [-0.25, -0.2) is 9.78 Å². The highest BCUT2D eigenvalue weighted by Gasteiger charge is 2.17. The summed E-state index contributed by atoms with van der Waals surface area (Å²) in [5.41, 5.74) is 4.99. The first-order chi connectivity index (χ1) is 14.7. The van der Waals surface area contributed by atoms with Crippen LogP contribution in [0.25, 0.3) is 44.7 Å². The van der Waals surface area contributed by atoms with Gasteiger partial charge in [0.2, 0.25) is 0 Å². The highest BCUT2D eigenvalue weighted by Crippen LogP contribution is 2.36. The number of nitrogens with one attached hydrogen (secondary N) is 1. The van der Waals surface area contributed by atoms with Crippen LogP contribution >= 0.6 is 0 Å². The van der Waals surface area contributed by atoms with Crippen molar-refractivity contribution in [3.63, 3.8) is 0 Å². The Morgan fingerprint density at radius 2 is 1.43 bits per heavy atom. The molecule has 0 aliphatic heterocycles. The molecular formula is C26H18N2O2. The van der Waals surface area contributed by atoms with Gasteiger partial charge in [0.05, 0.1) is 17.0 Å². The molecule has 0 spiro atoms. The molecule has 1 heterocycles. The maximum atomic E-state index is 11.2. The van der Waals surface area contributed by atoms with E-state index in [0.717, 1.165) is 38.9 Å². The van der Waals surface area contributed by atoms with E-state index in [1.807, 2.05) is 42.5 Å². The number of H-pyrrole nitrogens is 1. The molecule has 0 aliphatic carbocycles. The normalized spacial score (nSPS) is 10.9. The Kier molecular flexibility index (Phi) is 4.37. The molecule has 0 aliphatic rings. The number of aromatic carboxylic acids is 1. The number of carboxylic acids is 1. The van der Waals surface area contributed by atoms with Crippen molar-refractivity contribution in [2.45, 2.75) is 0 Å². The number of fused-ring (bicyclic) bond motifs is 1. The van der Waals surface area contributed by atoms with Gasteiger partial charge in [0.1, 0.15) is 5.82 Å². The van der Waals surface area contributed by atoms with Crippen LogP contribution < -0.4 is 0 Å². The van der Waals surface area contributed by atoms with Crippen molar-refractivity contribution in [2.24, 2.45) is 0 Å². The van der Waals surface area contributed by atoms with E-state index in [2.05, 4.69) is 35.3 Å². The first-order valence-corrected chi connectivity index (χ1v) is 9.68. The van der Waals surface area contributed by atoms with Crippen molar-refractivity contribution in [2.75, 3.05) is 0 Å². The third-order valence-corrected chi connectivity index (χ3v) is 5.22. The van der Waals surface area contributed by atoms with Gasteiger partial charge >= 0.3 is 5.97 Å². The predicted octanol–water partition coefficient (Wildman–Crippen LogP) is 6.26. The van der Waals surface area contributed by atoms with E-state index in [-0.39, 0.29) is 5.56 Å². The van der Waals surface area contributed by atoms with Crippen molar-refractivity contribution in [3.8, 4) is 33.9 Å². The van der Waals surface area contributed by atoms with E-state index in [1.165, 1.54) is 0 Å². The fourth-order valence-electron chi connectivity index (χ4n) is 3.72. The molecule has 2 N–H and O–H groups in total. The lowest BCUT2D eigenvalue weighted by atomic mass is 9.99. The third-order valence-electron chi connectivity index (χ3n) is 5.22. The lowest BCUT2D eigenvalue weighted by Crippen LogP contribution is -1.95. The summed E-state index contributed by atoms with van der Waals surface area (Å²) in [5.74, 6) is -0.240. The summed E-state index contributed by atoms with van der Waals surface area (Å²) >= 11 is 0. The zero-order valence-corrected chi connectivity index (χ0v) is 16.0. The molecule has 30 heavy (non-hydrogen) atoms. The number of benzene rings is 4. The number of carboxylic acid groups (broad SMARTS) is 1. The summed E-state index contributed by atoms with van der Waals surface area (Å²) in [6, 6.07) is 31.4. The Balaban J connectivity index is 1.72. The second kappa shape index (κ2) is 7.33. The van der Waals surface area contributed by atoms with Crippen molar-refractivity contribution in [3.05, 3.63) is 103 Å².